The lowest BCUT2D eigenvalue weighted by Crippen LogP contribution is -2.13. The van der Waals surface area contributed by atoms with Gasteiger partial charge in [0, 0.05) is 0 Å². The van der Waals surface area contributed by atoms with Crippen molar-refractivity contribution in [2.75, 3.05) is 0 Å². The third-order valence-corrected chi connectivity index (χ3v) is 5.91. The molecule has 2 aromatic carbocycles. The van der Waals surface area contributed by atoms with E-state index >= 15 is 0 Å². The Balaban J connectivity index is 1.57. The second-order valence-corrected chi connectivity index (χ2v) is 7.72. The Morgan fingerprint density at radius 2 is 1.46 bits per heavy atom. The maximum absolute atomic E-state index is 11.0. The summed E-state index contributed by atoms with van der Waals surface area (Å²) in [5.41, 5.74) is 4.02. The van der Waals surface area contributed by atoms with Crippen LogP contribution in [0.4, 0.5) is 0 Å². The largest absolute Gasteiger partial charge is 0.478 e. The smallest absolute Gasteiger partial charge is 0.335 e. The molecule has 0 spiro atoms. The van der Waals surface area contributed by atoms with Crippen molar-refractivity contribution in [3.8, 4) is 11.1 Å². The first-order valence-corrected chi connectivity index (χ1v) is 10.1. The van der Waals surface area contributed by atoms with Gasteiger partial charge in [0.05, 0.1) is 5.56 Å². The van der Waals surface area contributed by atoms with E-state index in [1.165, 1.54) is 56.9 Å². The lowest BCUT2D eigenvalue weighted by Gasteiger charge is -2.29. The summed E-state index contributed by atoms with van der Waals surface area (Å²) in [7, 11) is 0. The van der Waals surface area contributed by atoms with Crippen LogP contribution in [0, 0.1) is 5.92 Å². The topological polar surface area (TPSA) is 37.3 Å². The van der Waals surface area contributed by atoms with Gasteiger partial charge in [0.1, 0.15) is 0 Å². The molecule has 0 radical (unpaired) electrons. The van der Waals surface area contributed by atoms with Gasteiger partial charge in [-0.1, -0.05) is 69.0 Å². The summed E-state index contributed by atoms with van der Waals surface area (Å²) in [6.45, 7) is 2.28. The molecular weight excluding hydrogens is 320 g/mol. The average molecular weight is 351 g/mol. The van der Waals surface area contributed by atoms with Crippen molar-refractivity contribution in [2.24, 2.45) is 5.92 Å². The summed E-state index contributed by atoms with van der Waals surface area (Å²) < 4.78 is 0. The van der Waals surface area contributed by atoms with E-state index in [2.05, 4.69) is 31.2 Å². The van der Waals surface area contributed by atoms with Gasteiger partial charge in [-0.15, -0.1) is 0 Å². The molecule has 0 saturated heterocycles. The number of rotatable bonds is 7. The molecule has 2 heteroatoms. The molecule has 26 heavy (non-hydrogen) atoms. The molecule has 2 aromatic rings. The minimum Gasteiger partial charge on any atom is -0.478 e. The fraction of sp³-hybridized carbons (Fsp3) is 0.458. The van der Waals surface area contributed by atoms with E-state index in [-0.39, 0.29) is 0 Å². The van der Waals surface area contributed by atoms with Crippen molar-refractivity contribution < 1.29 is 9.90 Å². The van der Waals surface area contributed by atoms with Gasteiger partial charge in [-0.25, -0.2) is 4.79 Å². The Bertz CT molecular complexity index is 692. The number of aromatic carboxylic acids is 1. The SMILES string of the molecule is CCCCCC1CCC(c2ccc(-c3ccc(C(=O)O)cc3)cc2)CC1. The third kappa shape index (κ3) is 4.75. The van der Waals surface area contributed by atoms with Crippen LogP contribution >= 0.6 is 0 Å². The van der Waals surface area contributed by atoms with Gasteiger partial charge in [0.25, 0.3) is 0 Å². The van der Waals surface area contributed by atoms with Crippen LogP contribution in [0.1, 0.15) is 80.1 Å². The van der Waals surface area contributed by atoms with Gasteiger partial charge < -0.3 is 5.11 Å². The number of hydrogen-bond donors (Lipinski definition) is 1. The Morgan fingerprint density at radius 3 is 2.00 bits per heavy atom. The zero-order chi connectivity index (χ0) is 18.4. The van der Waals surface area contributed by atoms with Crippen molar-refractivity contribution in [1.29, 1.82) is 0 Å². The van der Waals surface area contributed by atoms with E-state index in [1.54, 1.807) is 12.1 Å². The van der Waals surface area contributed by atoms with Crippen molar-refractivity contribution in [2.45, 2.75) is 64.2 Å². The van der Waals surface area contributed by atoms with E-state index in [0.29, 0.717) is 11.5 Å². The molecule has 0 aliphatic heterocycles. The first-order chi connectivity index (χ1) is 12.7. The summed E-state index contributed by atoms with van der Waals surface area (Å²) in [5.74, 6) is 0.780. The summed E-state index contributed by atoms with van der Waals surface area (Å²) in [4.78, 5) is 11.0. The molecule has 1 aliphatic rings. The minimum absolute atomic E-state index is 0.334. The molecule has 0 heterocycles. The number of benzene rings is 2. The third-order valence-electron chi connectivity index (χ3n) is 5.91. The van der Waals surface area contributed by atoms with Crippen LogP contribution in [0.2, 0.25) is 0 Å². The van der Waals surface area contributed by atoms with Crippen LogP contribution in [-0.4, -0.2) is 11.1 Å². The van der Waals surface area contributed by atoms with Gasteiger partial charge in [-0.2, -0.15) is 0 Å². The van der Waals surface area contributed by atoms with Gasteiger partial charge in [0.2, 0.25) is 0 Å². The van der Waals surface area contributed by atoms with Crippen LogP contribution in [0.15, 0.2) is 48.5 Å². The van der Waals surface area contributed by atoms with E-state index in [4.69, 9.17) is 5.11 Å². The fourth-order valence-electron chi connectivity index (χ4n) is 4.22. The van der Waals surface area contributed by atoms with Crippen LogP contribution in [0.5, 0.6) is 0 Å². The monoisotopic (exact) mass is 350 g/mol. The summed E-state index contributed by atoms with van der Waals surface area (Å²) in [5, 5.41) is 9.01. The van der Waals surface area contributed by atoms with Gasteiger partial charge in [-0.3, -0.25) is 0 Å². The normalized spacial score (nSPS) is 20.0. The summed E-state index contributed by atoms with van der Waals surface area (Å²) in [6.07, 6.45) is 10.9. The zero-order valence-corrected chi connectivity index (χ0v) is 15.8. The second kappa shape index (κ2) is 9.02. The molecule has 1 aliphatic carbocycles. The van der Waals surface area contributed by atoms with Crippen molar-refractivity contribution in [1.82, 2.24) is 0 Å². The van der Waals surface area contributed by atoms with Crippen LogP contribution in [0.3, 0.4) is 0 Å². The van der Waals surface area contributed by atoms with E-state index in [9.17, 15) is 4.79 Å². The Kier molecular flexibility index (Phi) is 6.49. The Hall–Kier alpha value is -2.09. The zero-order valence-electron chi connectivity index (χ0n) is 15.8. The Morgan fingerprint density at radius 1 is 0.885 bits per heavy atom. The number of unbranched alkanes of at least 4 members (excludes halogenated alkanes) is 2. The van der Waals surface area contributed by atoms with Crippen LogP contribution < -0.4 is 0 Å². The highest BCUT2D eigenvalue weighted by atomic mass is 16.4. The standard InChI is InChI=1S/C24H30O2/c1-2-3-4-5-18-6-8-19(9-7-18)20-10-12-21(13-11-20)22-14-16-23(17-15-22)24(25)26/h10-19H,2-9H2,1H3,(H,25,26). The lowest BCUT2D eigenvalue weighted by atomic mass is 9.77. The van der Waals surface area contributed by atoms with E-state index in [0.717, 1.165) is 17.0 Å². The fourth-order valence-corrected chi connectivity index (χ4v) is 4.22. The second-order valence-electron chi connectivity index (χ2n) is 7.72. The highest BCUT2D eigenvalue weighted by molar-refractivity contribution is 5.88. The molecular formula is C24H30O2. The molecule has 0 unspecified atom stereocenters. The van der Waals surface area contributed by atoms with Crippen LogP contribution in [-0.2, 0) is 0 Å². The first-order valence-electron chi connectivity index (χ1n) is 10.1. The average Bonchev–Trinajstić information content (AvgIpc) is 2.69. The van der Waals surface area contributed by atoms with Gasteiger partial charge in [0.15, 0.2) is 0 Å². The molecule has 0 amide bonds. The minimum atomic E-state index is -0.878. The molecule has 0 atom stereocenters. The van der Waals surface area contributed by atoms with Crippen molar-refractivity contribution in [3.05, 3.63) is 59.7 Å². The maximum atomic E-state index is 11.0. The molecule has 1 fully saturated rings. The molecule has 2 nitrogen and oxygen atoms in total. The Labute approximate surface area is 157 Å². The summed E-state index contributed by atoms with van der Waals surface area (Å²) >= 11 is 0. The van der Waals surface area contributed by atoms with Crippen molar-refractivity contribution in [3.63, 3.8) is 0 Å². The quantitative estimate of drug-likeness (QED) is 0.551. The number of hydrogen-bond acceptors (Lipinski definition) is 1. The van der Waals surface area contributed by atoms with Crippen LogP contribution in [0.25, 0.3) is 11.1 Å². The molecule has 3 rings (SSSR count). The molecule has 0 bridgehead atoms. The van der Waals surface area contributed by atoms with Gasteiger partial charge >= 0.3 is 5.97 Å². The predicted octanol–water partition coefficient (Wildman–Crippen LogP) is 6.91. The number of carboxylic acid groups (broad SMARTS) is 1. The molecule has 1 N–H and O–H groups in total. The molecule has 138 valence electrons. The predicted molar refractivity (Wildman–Crippen MR) is 108 cm³/mol. The summed E-state index contributed by atoms with van der Waals surface area (Å²) in [6, 6.07) is 16.0. The van der Waals surface area contributed by atoms with E-state index < -0.39 is 5.97 Å². The highest BCUT2D eigenvalue weighted by Crippen LogP contribution is 2.38. The molecule has 0 aromatic heterocycles. The van der Waals surface area contributed by atoms with Gasteiger partial charge in [-0.05, 0) is 66.3 Å². The molecule has 1 saturated carbocycles. The maximum Gasteiger partial charge on any atom is 0.335 e. The first kappa shape index (κ1) is 18.7. The number of carbonyl (C=O) groups is 1. The van der Waals surface area contributed by atoms with E-state index in [1.807, 2.05) is 12.1 Å². The van der Waals surface area contributed by atoms with Crippen molar-refractivity contribution >= 4 is 5.97 Å². The number of carboxylic acids is 1. The highest BCUT2D eigenvalue weighted by Gasteiger charge is 2.22. The lowest BCUT2D eigenvalue weighted by molar-refractivity contribution is 0.0697.